The van der Waals surface area contributed by atoms with Crippen LogP contribution in [0.3, 0.4) is 0 Å². The Kier molecular flexibility index (Phi) is 4.69. The van der Waals surface area contributed by atoms with Crippen molar-refractivity contribution in [1.29, 1.82) is 0 Å². The highest BCUT2D eigenvalue weighted by Crippen LogP contribution is 2.38. The number of amides is 3. The van der Waals surface area contributed by atoms with Gasteiger partial charge in [0.2, 0.25) is 5.91 Å². The van der Waals surface area contributed by atoms with Gasteiger partial charge < -0.3 is 9.64 Å². The third-order valence-corrected chi connectivity index (χ3v) is 7.17. The highest BCUT2D eigenvalue weighted by molar-refractivity contribution is 14.1. The topological polar surface area (TPSA) is 84.0 Å². The molecule has 0 aliphatic carbocycles. The van der Waals surface area contributed by atoms with E-state index in [4.69, 9.17) is 4.74 Å². The molecule has 3 heterocycles. The number of nitrogens with zero attached hydrogens (tertiary/aromatic N) is 2. The number of hydrogen-bond donors (Lipinski definition) is 0. The van der Waals surface area contributed by atoms with Crippen LogP contribution in [0.25, 0.3) is 0 Å². The number of hydrogen-bond acceptors (Lipinski definition) is 5. The zero-order valence-corrected chi connectivity index (χ0v) is 16.9. The van der Waals surface area contributed by atoms with E-state index in [1.807, 2.05) is 0 Å². The van der Waals surface area contributed by atoms with Gasteiger partial charge in [-0.05, 0) is 37.8 Å². The zero-order chi connectivity index (χ0) is 19.3. The fourth-order valence-corrected chi connectivity index (χ4v) is 5.48. The van der Waals surface area contributed by atoms with Gasteiger partial charge in [0, 0.05) is 9.97 Å². The molecule has 8 heteroatoms. The number of fused-ring (bicyclic) bond motifs is 2. The summed E-state index contributed by atoms with van der Waals surface area (Å²) in [6.45, 7) is 0. The van der Waals surface area contributed by atoms with Crippen molar-refractivity contribution < 1.29 is 23.9 Å². The number of halogens is 1. The summed E-state index contributed by atoms with van der Waals surface area (Å²) >= 11 is 2.30. The standard InChI is InChI=1S/C19H19IN2O5/c1-27-19(26)15-9-8-13-12(20)6-7-14(18(25)21(13)15)22-16(23)10-4-2-3-5-11(10)17(22)24/h2-5,12-15H,6-9H2,1H3/t12?,13-,14+,15+/m1/s1. The lowest BCUT2D eigenvalue weighted by Gasteiger charge is -2.32. The summed E-state index contributed by atoms with van der Waals surface area (Å²) in [5, 5.41) is 0. The number of methoxy groups -OCH3 is 1. The number of imide groups is 1. The van der Waals surface area contributed by atoms with E-state index >= 15 is 0 Å². The molecule has 1 unspecified atom stereocenters. The maximum atomic E-state index is 13.4. The lowest BCUT2D eigenvalue weighted by Crippen LogP contribution is -2.54. The lowest BCUT2D eigenvalue weighted by atomic mass is 10.0. The Morgan fingerprint density at radius 1 is 1.04 bits per heavy atom. The summed E-state index contributed by atoms with van der Waals surface area (Å²) in [7, 11) is 1.31. The van der Waals surface area contributed by atoms with Crippen molar-refractivity contribution in [2.45, 2.75) is 47.7 Å². The summed E-state index contributed by atoms with van der Waals surface area (Å²) < 4.78 is 5.03. The molecule has 3 aliphatic heterocycles. The number of esters is 1. The molecule has 27 heavy (non-hydrogen) atoms. The molecule has 142 valence electrons. The molecule has 7 nitrogen and oxygen atoms in total. The molecule has 4 rings (SSSR count). The van der Waals surface area contributed by atoms with Crippen molar-refractivity contribution in [2.24, 2.45) is 0 Å². The van der Waals surface area contributed by atoms with E-state index in [2.05, 4.69) is 22.6 Å². The monoisotopic (exact) mass is 482 g/mol. The summed E-state index contributed by atoms with van der Waals surface area (Å²) in [6.07, 6.45) is 2.35. The Morgan fingerprint density at radius 3 is 2.26 bits per heavy atom. The van der Waals surface area contributed by atoms with Gasteiger partial charge in [-0.2, -0.15) is 0 Å². The van der Waals surface area contributed by atoms with Gasteiger partial charge in [0.15, 0.2) is 0 Å². The third kappa shape index (κ3) is 2.76. The van der Waals surface area contributed by atoms with Gasteiger partial charge in [0.05, 0.1) is 18.2 Å². The number of ether oxygens (including phenoxy) is 1. The first kappa shape index (κ1) is 18.4. The molecular weight excluding hydrogens is 463 g/mol. The Labute approximate surface area is 170 Å². The zero-order valence-electron chi connectivity index (χ0n) is 14.8. The fraction of sp³-hybridized carbons (Fsp3) is 0.474. The van der Waals surface area contributed by atoms with E-state index in [0.717, 1.165) is 4.90 Å². The lowest BCUT2D eigenvalue weighted by molar-refractivity contribution is -0.153. The highest BCUT2D eigenvalue weighted by Gasteiger charge is 2.52. The van der Waals surface area contributed by atoms with Crippen LogP contribution >= 0.6 is 22.6 Å². The van der Waals surface area contributed by atoms with Gasteiger partial charge in [-0.15, -0.1) is 0 Å². The summed E-state index contributed by atoms with van der Waals surface area (Å²) in [4.78, 5) is 54.0. The van der Waals surface area contributed by atoms with Crippen LogP contribution in [0.1, 0.15) is 46.4 Å². The van der Waals surface area contributed by atoms with Gasteiger partial charge in [0.25, 0.3) is 11.8 Å². The second-order valence-corrected chi connectivity index (χ2v) is 8.66. The number of carbonyl (C=O) groups excluding carboxylic acids is 4. The molecule has 3 aliphatic rings. The van der Waals surface area contributed by atoms with Gasteiger partial charge in [-0.1, -0.05) is 34.7 Å². The fourth-order valence-electron chi connectivity index (χ4n) is 4.41. The number of alkyl halides is 1. The number of benzene rings is 1. The molecule has 0 saturated carbocycles. The Hall–Kier alpha value is -1.97. The smallest absolute Gasteiger partial charge is 0.328 e. The molecule has 1 aromatic carbocycles. The minimum atomic E-state index is -0.884. The summed E-state index contributed by atoms with van der Waals surface area (Å²) in [5.41, 5.74) is 0.654. The Morgan fingerprint density at radius 2 is 1.67 bits per heavy atom. The van der Waals surface area contributed by atoms with Crippen LogP contribution in [-0.2, 0) is 14.3 Å². The molecule has 0 radical (unpaired) electrons. The van der Waals surface area contributed by atoms with Crippen LogP contribution in [-0.4, -0.2) is 62.7 Å². The maximum Gasteiger partial charge on any atom is 0.328 e. The van der Waals surface area contributed by atoms with E-state index < -0.39 is 29.9 Å². The molecule has 3 amide bonds. The summed E-state index contributed by atoms with van der Waals surface area (Å²) in [6, 6.07) is 5.00. The first-order valence-electron chi connectivity index (χ1n) is 8.96. The van der Waals surface area contributed by atoms with E-state index in [1.165, 1.54) is 7.11 Å². The van der Waals surface area contributed by atoms with Crippen molar-refractivity contribution in [3.8, 4) is 0 Å². The first-order valence-corrected chi connectivity index (χ1v) is 10.2. The van der Waals surface area contributed by atoms with Gasteiger partial charge >= 0.3 is 5.97 Å². The average Bonchev–Trinajstić information content (AvgIpc) is 3.19. The molecule has 1 aromatic rings. The molecule has 0 bridgehead atoms. The second-order valence-electron chi connectivity index (χ2n) is 7.06. The van der Waals surface area contributed by atoms with Crippen molar-refractivity contribution in [3.63, 3.8) is 0 Å². The van der Waals surface area contributed by atoms with Crippen LogP contribution in [0.5, 0.6) is 0 Å². The largest absolute Gasteiger partial charge is 0.467 e. The first-order chi connectivity index (χ1) is 13.0. The molecule has 0 aromatic heterocycles. The van der Waals surface area contributed by atoms with Crippen molar-refractivity contribution >= 4 is 46.3 Å². The van der Waals surface area contributed by atoms with Gasteiger partial charge in [-0.3, -0.25) is 19.3 Å². The SMILES string of the molecule is COC(=O)[C@@H]1CC[C@@H]2C(I)CC[C@H](N3C(=O)c4ccccc4C3=O)C(=O)N21. The quantitative estimate of drug-likeness (QED) is 0.278. The predicted octanol–water partition coefficient (Wildman–Crippen LogP) is 1.78. The van der Waals surface area contributed by atoms with Crippen molar-refractivity contribution in [2.75, 3.05) is 7.11 Å². The van der Waals surface area contributed by atoms with E-state index in [9.17, 15) is 19.2 Å². The number of rotatable bonds is 2. The minimum Gasteiger partial charge on any atom is -0.467 e. The van der Waals surface area contributed by atoms with Gasteiger partial charge in [-0.25, -0.2) is 4.79 Å². The molecular formula is C19H19IN2O5. The van der Waals surface area contributed by atoms with Crippen LogP contribution in [0.4, 0.5) is 0 Å². The van der Waals surface area contributed by atoms with Crippen LogP contribution in [0, 0.1) is 0 Å². The second kappa shape index (κ2) is 6.88. The van der Waals surface area contributed by atoms with Crippen molar-refractivity contribution in [1.82, 2.24) is 9.80 Å². The minimum absolute atomic E-state index is 0.0811. The average molecular weight is 482 g/mol. The Balaban J connectivity index is 1.70. The van der Waals surface area contributed by atoms with E-state index in [-0.39, 0.29) is 15.9 Å². The predicted molar refractivity (Wildman–Crippen MR) is 103 cm³/mol. The van der Waals surface area contributed by atoms with E-state index in [0.29, 0.717) is 36.8 Å². The Bertz CT molecular complexity index is 806. The number of carbonyl (C=O) groups is 4. The van der Waals surface area contributed by atoms with E-state index in [1.54, 1.807) is 29.2 Å². The van der Waals surface area contributed by atoms with Crippen molar-refractivity contribution in [3.05, 3.63) is 35.4 Å². The molecule has 0 N–H and O–H groups in total. The molecule has 4 atom stereocenters. The van der Waals surface area contributed by atoms with Crippen LogP contribution in [0.15, 0.2) is 24.3 Å². The molecule has 2 fully saturated rings. The molecule has 0 spiro atoms. The highest BCUT2D eigenvalue weighted by atomic mass is 127. The third-order valence-electron chi connectivity index (χ3n) is 5.71. The van der Waals surface area contributed by atoms with Crippen LogP contribution < -0.4 is 0 Å². The maximum absolute atomic E-state index is 13.4. The summed E-state index contributed by atoms with van der Waals surface area (Å²) in [5.74, 6) is -1.66. The van der Waals surface area contributed by atoms with Gasteiger partial charge in [0.1, 0.15) is 12.1 Å². The normalized spacial score (nSPS) is 30.2. The molecule has 2 saturated heterocycles. The van der Waals surface area contributed by atoms with Crippen LogP contribution in [0.2, 0.25) is 0 Å².